The summed E-state index contributed by atoms with van der Waals surface area (Å²) in [6.07, 6.45) is -0.0388. The van der Waals surface area contributed by atoms with Gasteiger partial charge in [-0.3, -0.25) is 14.5 Å². The van der Waals surface area contributed by atoms with Crippen molar-refractivity contribution in [1.29, 1.82) is 0 Å². The Balaban J connectivity index is 1.60. The summed E-state index contributed by atoms with van der Waals surface area (Å²) in [5, 5.41) is 0. The number of nitrogens with two attached hydrogens (primary N) is 1. The lowest BCUT2D eigenvalue weighted by Gasteiger charge is -2.30. The number of hydrogen-bond donors (Lipinski definition) is 1. The Morgan fingerprint density at radius 3 is 2.55 bits per heavy atom. The molecule has 4 rings (SSSR count). The number of primary amides is 1. The van der Waals surface area contributed by atoms with Crippen LogP contribution in [0.25, 0.3) is 0 Å². The summed E-state index contributed by atoms with van der Waals surface area (Å²) < 4.78 is 28.0. The van der Waals surface area contributed by atoms with E-state index in [1.807, 2.05) is 11.0 Å². The van der Waals surface area contributed by atoms with Crippen molar-refractivity contribution in [3.05, 3.63) is 71.3 Å². The summed E-state index contributed by atoms with van der Waals surface area (Å²) in [5.74, 6) is -1.11. The van der Waals surface area contributed by atoms with Gasteiger partial charge >= 0.3 is 0 Å². The van der Waals surface area contributed by atoms with E-state index < -0.39 is 5.82 Å². The minimum atomic E-state index is -0.407. The largest absolute Gasteiger partial charge is 0.369 e. The van der Waals surface area contributed by atoms with E-state index in [9.17, 15) is 18.4 Å². The van der Waals surface area contributed by atoms with Crippen LogP contribution in [-0.2, 0) is 16.0 Å². The van der Waals surface area contributed by atoms with Crippen LogP contribution >= 0.6 is 0 Å². The van der Waals surface area contributed by atoms with Gasteiger partial charge in [0.2, 0.25) is 11.8 Å². The third kappa shape index (κ3) is 4.00. The molecule has 0 spiro atoms. The molecule has 152 valence electrons. The van der Waals surface area contributed by atoms with E-state index in [0.717, 1.165) is 5.56 Å². The fourth-order valence-corrected chi connectivity index (χ4v) is 4.77. The lowest BCUT2D eigenvalue weighted by molar-refractivity contribution is -0.132. The summed E-state index contributed by atoms with van der Waals surface area (Å²) in [6, 6.07) is 12.2. The Hall–Kier alpha value is -2.80. The zero-order valence-corrected chi connectivity index (χ0v) is 15.9. The Labute approximate surface area is 168 Å². The van der Waals surface area contributed by atoms with Gasteiger partial charge < -0.3 is 10.6 Å². The fraction of sp³-hybridized carbons (Fsp3) is 0.364. The quantitative estimate of drug-likeness (QED) is 0.838. The van der Waals surface area contributed by atoms with Crippen molar-refractivity contribution in [1.82, 2.24) is 9.80 Å². The zero-order valence-electron chi connectivity index (χ0n) is 15.9. The highest BCUT2D eigenvalue weighted by atomic mass is 19.1. The van der Waals surface area contributed by atoms with Crippen molar-refractivity contribution in [3.63, 3.8) is 0 Å². The highest BCUT2D eigenvalue weighted by Crippen LogP contribution is 2.45. The molecule has 2 N–H and O–H groups in total. The first-order valence-electron chi connectivity index (χ1n) is 9.71. The van der Waals surface area contributed by atoms with Crippen molar-refractivity contribution < 1.29 is 18.4 Å². The molecule has 0 aromatic heterocycles. The van der Waals surface area contributed by atoms with Crippen LogP contribution in [0, 0.1) is 23.5 Å². The maximum Gasteiger partial charge on any atom is 0.231 e. The van der Waals surface area contributed by atoms with Crippen LogP contribution in [0.3, 0.4) is 0 Å². The zero-order chi connectivity index (χ0) is 20.5. The van der Waals surface area contributed by atoms with Crippen molar-refractivity contribution >= 4 is 11.8 Å². The number of carbonyl (C=O) groups excluding carboxylic acids is 2. The van der Waals surface area contributed by atoms with Gasteiger partial charge in [-0.2, -0.15) is 0 Å². The number of rotatable bonds is 5. The number of fused-ring (bicyclic) bond motifs is 1. The summed E-state index contributed by atoms with van der Waals surface area (Å²) in [6.45, 7) is 1.93. The minimum Gasteiger partial charge on any atom is -0.369 e. The SMILES string of the molecule is NC(=O)CN1C[C@H]2CN(C(=O)Cc3ccccc3F)[C@@H](c3cccc(F)c3)[C@H]2C1. The van der Waals surface area contributed by atoms with Crippen LogP contribution in [0.1, 0.15) is 17.2 Å². The van der Waals surface area contributed by atoms with Gasteiger partial charge in [0, 0.05) is 25.6 Å². The average molecular weight is 399 g/mol. The molecule has 0 aliphatic carbocycles. The first kappa shape index (κ1) is 19.5. The Morgan fingerprint density at radius 1 is 1.03 bits per heavy atom. The lowest BCUT2D eigenvalue weighted by Crippen LogP contribution is -2.38. The van der Waals surface area contributed by atoms with E-state index in [-0.39, 0.29) is 48.5 Å². The normalized spacial score (nSPS) is 23.9. The van der Waals surface area contributed by atoms with Crippen LogP contribution in [0.5, 0.6) is 0 Å². The molecular formula is C22H23F2N3O2. The number of nitrogens with zero attached hydrogens (tertiary/aromatic N) is 2. The molecule has 2 saturated heterocycles. The maximum atomic E-state index is 14.0. The molecule has 2 heterocycles. The van der Waals surface area contributed by atoms with Crippen LogP contribution in [0.4, 0.5) is 8.78 Å². The highest BCUT2D eigenvalue weighted by molar-refractivity contribution is 5.80. The molecule has 2 amide bonds. The minimum absolute atomic E-state index is 0.0388. The average Bonchev–Trinajstić information content (AvgIpc) is 3.20. The molecule has 3 atom stereocenters. The summed E-state index contributed by atoms with van der Waals surface area (Å²) >= 11 is 0. The summed E-state index contributed by atoms with van der Waals surface area (Å²) in [4.78, 5) is 28.2. The molecule has 29 heavy (non-hydrogen) atoms. The monoisotopic (exact) mass is 399 g/mol. The standard InChI is InChI=1S/C22H23F2N3O2/c23-17-6-3-5-15(8-17)22-18-12-26(13-20(25)28)10-16(18)11-27(22)21(29)9-14-4-1-2-7-19(14)24/h1-8,16,18,22H,9-13H2,(H2,25,28)/t16-,18-,22-/m0/s1. The summed E-state index contributed by atoms with van der Waals surface area (Å²) in [7, 11) is 0. The lowest BCUT2D eigenvalue weighted by atomic mass is 9.89. The van der Waals surface area contributed by atoms with Gasteiger partial charge in [0.25, 0.3) is 0 Å². The second kappa shape index (κ2) is 7.91. The van der Waals surface area contributed by atoms with Crippen LogP contribution < -0.4 is 5.73 Å². The molecule has 0 saturated carbocycles. The Kier molecular flexibility index (Phi) is 5.32. The predicted molar refractivity (Wildman–Crippen MR) is 104 cm³/mol. The van der Waals surface area contributed by atoms with Gasteiger partial charge in [0.05, 0.1) is 19.0 Å². The van der Waals surface area contributed by atoms with E-state index in [0.29, 0.717) is 25.2 Å². The van der Waals surface area contributed by atoms with Crippen molar-refractivity contribution in [2.45, 2.75) is 12.5 Å². The molecule has 2 aliphatic rings. The van der Waals surface area contributed by atoms with E-state index in [2.05, 4.69) is 0 Å². The molecule has 0 radical (unpaired) electrons. The van der Waals surface area contributed by atoms with Crippen molar-refractivity contribution in [2.75, 3.05) is 26.2 Å². The molecule has 5 nitrogen and oxygen atoms in total. The third-order valence-corrected chi connectivity index (χ3v) is 5.93. The molecule has 7 heteroatoms. The highest BCUT2D eigenvalue weighted by Gasteiger charge is 2.49. The van der Waals surface area contributed by atoms with Gasteiger partial charge in [0.1, 0.15) is 11.6 Å². The number of hydrogen-bond acceptors (Lipinski definition) is 3. The second-order valence-corrected chi connectivity index (χ2v) is 7.90. The van der Waals surface area contributed by atoms with Gasteiger partial charge in [-0.1, -0.05) is 30.3 Å². The molecular weight excluding hydrogens is 376 g/mol. The molecule has 2 aromatic rings. The van der Waals surface area contributed by atoms with Crippen molar-refractivity contribution in [3.8, 4) is 0 Å². The number of likely N-dealkylation sites (tertiary alicyclic amines) is 2. The van der Waals surface area contributed by atoms with Crippen LogP contribution in [0.15, 0.2) is 48.5 Å². The molecule has 0 unspecified atom stereocenters. The van der Waals surface area contributed by atoms with E-state index in [1.54, 1.807) is 29.2 Å². The number of halogens is 2. The molecule has 0 bridgehead atoms. The predicted octanol–water partition coefficient (Wildman–Crippen LogP) is 2.12. The van der Waals surface area contributed by atoms with Gasteiger partial charge in [-0.15, -0.1) is 0 Å². The second-order valence-electron chi connectivity index (χ2n) is 7.90. The van der Waals surface area contributed by atoms with E-state index >= 15 is 0 Å². The summed E-state index contributed by atoms with van der Waals surface area (Å²) in [5.41, 5.74) is 6.41. The number of amides is 2. The van der Waals surface area contributed by atoms with E-state index in [1.165, 1.54) is 18.2 Å². The van der Waals surface area contributed by atoms with Gasteiger partial charge in [-0.05, 0) is 35.2 Å². The van der Waals surface area contributed by atoms with Gasteiger partial charge in [-0.25, -0.2) is 8.78 Å². The van der Waals surface area contributed by atoms with Crippen LogP contribution in [-0.4, -0.2) is 47.8 Å². The molecule has 2 aliphatic heterocycles. The third-order valence-electron chi connectivity index (χ3n) is 5.93. The first-order valence-corrected chi connectivity index (χ1v) is 9.71. The van der Waals surface area contributed by atoms with Gasteiger partial charge in [0.15, 0.2) is 0 Å². The van der Waals surface area contributed by atoms with E-state index in [4.69, 9.17) is 5.73 Å². The fourth-order valence-electron chi connectivity index (χ4n) is 4.77. The maximum absolute atomic E-state index is 14.0. The Morgan fingerprint density at radius 2 is 1.83 bits per heavy atom. The first-order chi connectivity index (χ1) is 13.9. The molecule has 2 fully saturated rings. The Bertz CT molecular complexity index is 936. The molecule has 2 aromatic carbocycles. The van der Waals surface area contributed by atoms with Crippen LogP contribution in [0.2, 0.25) is 0 Å². The topological polar surface area (TPSA) is 66.6 Å². The number of carbonyl (C=O) groups is 2. The van der Waals surface area contributed by atoms with Crippen molar-refractivity contribution in [2.24, 2.45) is 17.6 Å². The number of benzene rings is 2. The smallest absolute Gasteiger partial charge is 0.231 e.